The molecule has 0 atom stereocenters. The number of fused-ring (bicyclic) bond motifs is 2. The van der Waals surface area contributed by atoms with Gasteiger partial charge in [-0.05, 0) is 30.3 Å². The van der Waals surface area contributed by atoms with Crippen molar-refractivity contribution >= 4 is 86.2 Å². The van der Waals surface area contributed by atoms with Crippen LogP contribution in [0.15, 0.2) is 79.5 Å². The van der Waals surface area contributed by atoms with Gasteiger partial charge in [0.2, 0.25) is 0 Å². The van der Waals surface area contributed by atoms with Crippen LogP contribution < -0.4 is 24.3 Å². The number of carboxylic acids is 1. The number of piperazine rings is 1. The Balaban J connectivity index is 0.000000216. The minimum Gasteiger partial charge on any atom is -0.495 e. The molecule has 7 aromatic rings. The van der Waals surface area contributed by atoms with E-state index in [1.165, 1.54) is 53.1 Å². The Morgan fingerprint density at radius 1 is 0.600 bits per heavy atom. The summed E-state index contributed by atoms with van der Waals surface area (Å²) in [6, 6.07) is 13.5. The fraction of sp³-hybridized carbons (Fsp3) is 0.239. The summed E-state index contributed by atoms with van der Waals surface area (Å²) in [6.45, 7) is 8.35. The van der Waals surface area contributed by atoms with E-state index in [1.54, 1.807) is 36.5 Å². The van der Waals surface area contributed by atoms with Gasteiger partial charge in [-0.1, -0.05) is 71.5 Å². The van der Waals surface area contributed by atoms with Crippen LogP contribution in [0, 0.1) is 0 Å². The van der Waals surface area contributed by atoms with Gasteiger partial charge in [-0.2, -0.15) is 0 Å². The first-order valence-corrected chi connectivity index (χ1v) is 21.6. The van der Waals surface area contributed by atoms with Crippen LogP contribution in [-0.4, -0.2) is 113 Å². The molecule has 8 rings (SSSR count). The summed E-state index contributed by atoms with van der Waals surface area (Å²) < 4.78 is 21.4. The molecule has 0 aliphatic carbocycles. The molecular formula is C46H42Cl4N8O7. The van der Waals surface area contributed by atoms with E-state index in [2.05, 4.69) is 47.0 Å². The summed E-state index contributed by atoms with van der Waals surface area (Å²) in [7, 11) is 5.98. The van der Waals surface area contributed by atoms with Gasteiger partial charge in [-0.15, -0.1) is 0 Å². The molecule has 15 nitrogen and oxygen atoms in total. The SMILES string of the molecule is CCN1CCN(Cc2ccc(NC(=O)c3ccc(-c4c(Cl)c(OC)cc(OC)c4Cl)c4nccnc34)nc2)CC1.COc1cc(OC)c(Cl)c(-c2ccc(C(=O)O)c3nccnc23)c1Cl. The lowest BCUT2D eigenvalue weighted by Crippen LogP contribution is -2.45. The summed E-state index contributed by atoms with van der Waals surface area (Å²) in [6.07, 6.45) is 7.79. The van der Waals surface area contributed by atoms with Crippen LogP contribution in [0.4, 0.5) is 5.82 Å². The zero-order chi connectivity index (χ0) is 46.4. The topological polar surface area (TPSA) is 174 Å². The Kier molecular flexibility index (Phi) is 15.0. The van der Waals surface area contributed by atoms with Crippen molar-refractivity contribution in [3.8, 4) is 45.3 Å². The molecule has 19 heteroatoms. The van der Waals surface area contributed by atoms with Crippen molar-refractivity contribution in [1.82, 2.24) is 34.7 Å². The zero-order valence-electron chi connectivity index (χ0n) is 35.8. The quantitative estimate of drug-likeness (QED) is 0.118. The Labute approximate surface area is 394 Å². The second-order valence-corrected chi connectivity index (χ2v) is 15.9. The first-order valence-electron chi connectivity index (χ1n) is 20.0. The molecule has 0 bridgehead atoms. The van der Waals surface area contributed by atoms with E-state index in [-0.39, 0.29) is 27.0 Å². The maximum Gasteiger partial charge on any atom is 0.337 e. The lowest BCUT2D eigenvalue weighted by atomic mass is 9.99. The highest BCUT2D eigenvalue weighted by Gasteiger charge is 2.25. The van der Waals surface area contributed by atoms with Crippen molar-refractivity contribution in [1.29, 1.82) is 0 Å². The molecular weight excluding hydrogens is 918 g/mol. The van der Waals surface area contributed by atoms with Crippen LogP contribution >= 0.6 is 46.4 Å². The zero-order valence-corrected chi connectivity index (χ0v) is 38.8. The third-order valence-corrected chi connectivity index (χ3v) is 12.3. The van der Waals surface area contributed by atoms with Crippen LogP contribution in [0.5, 0.6) is 23.0 Å². The molecule has 336 valence electrons. The van der Waals surface area contributed by atoms with Crippen molar-refractivity contribution < 1.29 is 33.6 Å². The molecule has 4 aromatic carbocycles. The Morgan fingerprint density at radius 2 is 1.03 bits per heavy atom. The average Bonchev–Trinajstić information content (AvgIpc) is 3.32. The van der Waals surface area contributed by atoms with Crippen molar-refractivity contribution in [3.63, 3.8) is 0 Å². The molecule has 3 aromatic heterocycles. The molecule has 1 aliphatic rings. The van der Waals surface area contributed by atoms with Crippen LogP contribution in [0.1, 0.15) is 33.2 Å². The number of nitrogens with one attached hydrogen (secondary N) is 1. The molecule has 2 N–H and O–H groups in total. The molecule has 1 fully saturated rings. The molecule has 1 amide bonds. The highest BCUT2D eigenvalue weighted by atomic mass is 35.5. The molecule has 0 radical (unpaired) electrons. The van der Waals surface area contributed by atoms with E-state index in [0.717, 1.165) is 44.8 Å². The number of nitrogens with zero attached hydrogens (tertiary/aromatic N) is 7. The standard InChI is InChI=1S/C29H30Cl2N6O3.C17H12Cl2N2O4/c1-4-36-11-13-37(14-12-36)17-18-5-8-23(34-16-18)35-29(38)20-7-6-19(27-28(20)33-10-9-32-27)24-25(30)21(39-2)15-22(40-3)26(24)31;1-24-10-7-11(25-2)14(19)12(13(10)18)8-3-4-9(17(22)23)16-15(8)20-5-6-21-16/h5-10,15-16H,4,11-14,17H2,1-3H3,(H,34,35,38);3-7H,1-2H3,(H,22,23). The number of pyridine rings is 1. The summed E-state index contributed by atoms with van der Waals surface area (Å²) >= 11 is 26.2. The Morgan fingerprint density at radius 3 is 1.45 bits per heavy atom. The number of ether oxygens (including phenoxy) is 4. The Hall–Kier alpha value is -6.07. The smallest absolute Gasteiger partial charge is 0.337 e. The summed E-state index contributed by atoms with van der Waals surface area (Å²) in [4.78, 5) is 51.5. The molecule has 0 spiro atoms. The van der Waals surface area contributed by atoms with Crippen molar-refractivity contribution in [3.05, 3.63) is 116 Å². The highest BCUT2D eigenvalue weighted by Crippen LogP contribution is 2.49. The molecule has 4 heterocycles. The van der Waals surface area contributed by atoms with E-state index in [1.807, 2.05) is 18.3 Å². The van der Waals surface area contributed by atoms with Crippen LogP contribution in [0.3, 0.4) is 0 Å². The lowest BCUT2D eigenvalue weighted by molar-refractivity contribution is 0.0698. The van der Waals surface area contributed by atoms with Gasteiger partial charge >= 0.3 is 5.97 Å². The monoisotopic (exact) mass is 958 g/mol. The number of benzene rings is 4. The van der Waals surface area contributed by atoms with E-state index in [4.69, 9.17) is 65.4 Å². The van der Waals surface area contributed by atoms with Crippen molar-refractivity contribution in [2.45, 2.75) is 13.5 Å². The van der Waals surface area contributed by atoms with Gasteiger partial charge < -0.3 is 34.3 Å². The predicted molar refractivity (Wildman–Crippen MR) is 253 cm³/mol. The van der Waals surface area contributed by atoms with Crippen LogP contribution in [-0.2, 0) is 6.54 Å². The number of carboxylic acid groups (broad SMARTS) is 1. The maximum atomic E-state index is 13.3. The first-order chi connectivity index (χ1) is 31.4. The summed E-state index contributed by atoms with van der Waals surface area (Å²) in [5, 5.41) is 13.4. The van der Waals surface area contributed by atoms with E-state index >= 15 is 0 Å². The summed E-state index contributed by atoms with van der Waals surface area (Å²) in [5.41, 5.74) is 4.97. The van der Waals surface area contributed by atoms with Gasteiger partial charge in [0.05, 0.1) is 70.7 Å². The first kappa shape index (κ1) is 46.9. The number of likely N-dealkylation sites (N-methyl/N-ethyl adjacent to an activating group) is 1. The molecule has 1 aliphatic heterocycles. The third kappa shape index (κ3) is 9.81. The Bertz CT molecular complexity index is 2840. The van der Waals surface area contributed by atoms with Gasteiger partial charge in [-0.3, -0.25) is 29.6 Å². The molecule has 0 unspecified atom stereocenters. The number of carbonyl (C=O) groups is 2. The fourth-order valence-electron chi connectivity index (χ4n) is 7.41. The molecule has 1 saturated heterocycles. The van der Waals surface area contributed by atoms with Crippen LogP contribution in [0.2, 0.25) is 20.1 Å². The number of methoxy groups -OCH3 is 4. The number of hydrogen-bond donors (Lipinski definition) is 2. The second-order valence-electron chi connectivity index (χ2n) is 14.4. The number of hydrogen-bond acceptors (Lipinski definition) is 13. The number of rotatable bonds is 12. The third-order valence-electron chi connectivity index (χ3n) is 10.8. The van der Waals surface area contributed by atoms with Gasteiger partial charge in [0, 0.05) is 98.1 Å². The van der Waals surface area contributed by atoms with Crippen LogP contribution in [0.25, 0.3) is 44.3 Å². The molecule has 0 saturated carbocycles. The normalized spacial score (nSPS) is 12.9. The minimum atomic E-state index is -1.10. The number of aromatic nitrogens is 5. The van der Waals surface area contributed by atoms with E-state index < -0.39 is 5.97 Å². The minimum absolute atomic E-state index is 0.0361. The number of anilines is 1. The second kappa shape index (κ2) is 20.8. The fourth-order valence-corrected chi connectivity index (χ4v) is 8.82. The van der Waals surface area contributed by atoms with Gasteiger partial charge in [0.15, 0.2) is 0 Å². The predicted octanol–water partition coefficient (Wildman–Crippen LogP) is 9.72. The van der Waals surface area contributed by atoms with Gasteiger partial charge in [0.1, 0.15) is 39.8 Å². The van der Waals surface area contributed by atoms with Gasteiger partial charge in [0.25, 0.3) is 5.91 Å². The van der Waals surface area contributed by atoms with Gasteiger partial charge in [-0.25, -0.2) is 9.78 Å². The average molecular weight is 961 g/mol. The lowest BCUT2D eigenvalue weighted by Gasteiger charge is -2.33. The highest BCUT2D eigenvalue weighted by molar-refractivity contribution is 6.42. The number of aromatic carboxylic acids is 1. The number of halogens is 4. The maximum absolute atomic E-state index is 13.3. The molecule has 65 heavy (non-hydrogen) atoms. The largest absolute Gasteiger partial charge is 0.495 e. The number of carbonyl (C=O) groups excluding carboxylic acids is 1. The number of amides is 1. The van der Waals surface area contributed by atoms with E-state index in [0.29, 0.717) is 83.2 Å². The van der Waals surface area contributed by atoms with E-state index in [9.17, 15) is 14.7 Å². The van der Waals surface area contributed by atoms with Crippen molar-refractivity contribution in [2.75, 3.05) is 66.5 Å². The summed E-state index contributed by atoms with van der Waals surface area (Å²) in [5.74, 6) is 0.540. The van der Waals surface area contributed by atoms with Crippen molar-refractivity contribution in [2.24, 2.45) is 0 Å².